The fourth-order valence-corrected chi connectivity index (χ4v) is 2.47. The van der Waals surface area contributed by atoms with E-state index in [9.17, 15) is 22.4 Å². The monoisotopic (exact) mass is 309 g/mol. The maximum atomic E-state index is 13.7. The largest absolute Gasteiger partial charge is 0.478 e. The van der Waals surface area contributed by atoms with E-state index in [1.165, 1.54) is 5.38 Å². The van der Waals surface area contributed by atoms with Crippen LogP contribution in [0.5, 0.6) is 0 Å². The first-order valence-corrected chi connectivity index (χ1v) is 5.91. The second kappa shape index (κ2) is 4.82. The standard InChI is InChI=1S/C10H3F4NO2S2/c11-5-3(9-15-2(18)1-19-9)4(10(16)17)6(12)8(14)7(5)13/h1,18H,(H,16,17). The second-order valence-electron chi connectivity index (χ2n) is 3.32. The molecule has 0 atom stereocenters. The average Bonchev–Trinajstić information content (AvgIpc) is 2.76. The maximum absolute atomic E-state index is 13.7. The Labute approximate surface area is 112 Å². The van der Waals surface area contributed by atoms with Gasteiger partial charge in [0.2, 0.25) is 0 Å². The summed E-state index contributed by atoms with van der Waals surface area (Å²) < 4.78 is 53.3. The smallest absolute Gasteiger partial charge is 0.339 e. The van der Waals surface area contributed by atoms with Crippen LogP contribution in [0, 0.1) is 23.3 Å². The molecular formula is C10H3F4NO2S2. The molecular weight excluding hydrogens is 306 g/mol. The van der Waals surface area contributed by atoms with Crippen molar-refractivity contribution in [2.75, 3.05) is 0 Å². The SMILES string of the molecule is O=C(O)c1c(F)c(F)c(F)c(F)c1-c1nc(S)cs1. The Hall–Kier alpha value is -1.61. The molecule has 3 nitrogen and oxygen atoms in total. The van der Waals surface area contributed by atoms with Crippen molar-refractivity contribution in [2.45, 2.75) is 5.03 Å². The van der Waals surface area contributed by atoms with Crippen LogP contribution in [0.15, 0.2) is 10.4 Å². The topological polar surface area (TPSA) is 50.2 Å². The van der Waals surface area contributed by atoms with E-state index in [2.05, 4.69) is 17.6 Å². The number of carboxylic acids is 1. The van der Waals surface area contributed by atoms with Crippen molar-refractivity contribution in [1.82, 2.24) is 4.98 Å². The lowest BCUT2D eigenvalue weighted by atomic mass is 10.1. The molecule has 0 saturated carbocycles. The number of aromatic nitrogens is 1. The number of halogens is 4. The second-order valence-corrected chi connectivity index (χ2v) is 4.64. The summed E-state index contributed by atoms with van der Waals surface area (Å²) in [5, 5.41) is 9.93. The van der Waals surface area contributed by atoms with Crippen LogP contribution < -0.4 is 0 Å². The van der Waals surface area contributed by atoms with Crippen LogP contribution in [0.25, 0.3) is 10.6 Å². The summed E-state index contributed by atoms with van der Waals surface area (Å²) in [6.45, 7) is 0. The van der Waals surface area contributed by atoms with Crippen molar-refractivity contribution in [3.63, 3.8) is 0 Å². The number of rotatable bonds is 2. The van der Waals surface area contributed by atoms with Gasteiger partial charge in [0.15, 0.2) is 23.3 Å². The highest BCUT2D eigenvalue weighted by molar-refractivity contribution is 7.80. The summed E-state index contributed by atoms with van der Waals surface area (Å²) >= 11 is 4.54. The number of benzene rings is 1. The van der Waals surface area contributed by atoms with Crippen LogP contribution in [-0.2, 0) is 0 Å². The van der Waals surface area contributed by atoms with Crippen LogP contribution in [-0.4, -0.2) is 16.1 Å². The van der Waals surface area contributed by atoms with Crippen LogP contribution in [0.2, 0.25) is 0 Å². The third-order valence-corrected chi connectivity index (χ3v) is 3.45. The van der Waals surface area contributed by atoms with E-state index in [1.54, 1.807) is 0 Å². The van der Waals surface area contributed by atoms with Gasteiger partial charge in [-0.15, -0.1) is 24.0 Å². The molecule has 1 N–H and O–H groups in total. The number of aromatic carboxylic acids is 1. The first-order valence-electron chi connectivity index (χ1n) is 4.58. The minimum Gasteiger partial charge on any atom is -0.478 e. The zero-order valence-electron chi connectivity index (χ0n) is 8.75. The zero-order chi connectivity index (χ0) is 14.3. The number of nitrogens with zero attached hydrogens (tertiary/aromatic N) is 1. The quantitative estimate of drug-likeness (QED) is 0.387. The van der Waals surface area contributed by atoms with Gasteiger partial charge < -0.3 is 5.11 Å². The summed E-state index contributed by atoms with van der Waals surface area (Å²) in [5.41, 5.74) is -2.24. The van der Waals surface area contributed by atoms with E-state index in [0.29, 0.717) is 0 Å². The molecule has 0 radical (unpaired) electrons. The van der Waals surface area contributed by atoms with Crippen molar-refractivity contribution < 1.29 is 27.5 Å². The van der Waals surface area contributed by atoms with Crippen LogP contribution in [0.4, 0.5) is 17.6 Å². The van der Waals surface area contributed by atoms with Gasteiger partial charge in [0.1, 0.15) is 15.6 Å². The third kappa shape index (κ3) is 2.19. The Balaban J connectivity index is 2.89. The molecule has 0 fully saturated rings. The van der Waals surface area contributed by atoms with Gasteiger partial charge in [-0.2, -0.15) is 0 Å². The summed E-state index contributed by atoms with van der Waals surface area (Å²) in [6, 6.07) is 0. The molecule has 0 aliphatic rings. The van der Waals surface area contributed by atoms with Crippen LogP contribution >= 0.6 is 24.0 Å². The van der Waals surface area contributed by atoms with Gasteiger partial charge in [-0.25, -0.2) is 27.3 Å². The molecule has 0 saturated heterocycles. The molecule has 0 bridgehead atoms. The molecule has 1 aromatic carbocycles. The normalized spacial score (nSPS) is 10.8. The minimum absolute atomic E-state index is 0.112. The fraction of sp³-hybridized carbons (Fsp3) is 0. The summed E-state index contributed by atoms with van der Waals surface area (Å²) in [4.78, 5) is 14.5. The summed E-state index contributed by atoms with van der Waals surface area (Å²) in [6.07, 6.45) is 0. The van der Waals surface area contributed by atoms with Crippen molar-refractivity contribution in [3.8, 4) is 10.6 Å². The Morgan fingerprint density at radius 1 is 1.16 bits per heavy atom. The highest BCUT2D eigenvalue weighted by Crippen LogP contribution is 2.34. The fourth-order valence-electron chi connectivity index (χ4n) is 1.41. The van der Waals surface area contributed by atoms with Gasteiger partial charge in [-0.1, -0.05) is 0 Å². The van der Waals surface area contributed by atoms with Crippen molar-refractivity contribution in [3.05, 3.63) is 34.2 Å². The Morgan fingerprint density at radius 3 is 2.21 bits per heavy atom. The van der Waals surface area contributed by atoms with E-state index < -0.39 is 40.4 Å². The molecule has 2 aromatic rings. The van der Waals surface area contributed by atoms with Crippen LogP contribution in [0.1, 0.15) is 10.4 Å². The van der Waals surface area contributed by atoms with Gasteiger partial charge >= 0.3 is 5.97 Å². The number of carboxylic acid groups (broad SMARTS) is 1. The molecule has 1 aromatic heterocycles. The molecule has 9 heteroatoms. The molecule has 1 heterocycles. The van der Waals surface area contributed by atoms with Gasteiger partial charge in [-0.3, -0.25) is 0 Å². The van der Waals surface area contributed by atoms with Gasteiger partial charge in [-0.05, 0) is 0 Å². The molecule has 0 unspecified atom stereocenters. The lowest BCUT2D eigenvalue weighted by molar-refractivity contribution is 0.0690. The van der Waals surface area contributed by atoms with E-state index in [-0.39, 0.29) is 10.0 Å². The number of hydrogen-bond acceptors (Lipinski definition) is 4. The van der Waals surface area contributed by atoms with Gasteiger partial charge in [0.05, 0.1) is 5.56 Å². The Bertz CT molecular complexity index is 687. The van der Waals surface area contributed by atoms with Crippen molar-refractivity contribution in [1.29, 1.82) is 0 Å². The van der Waals surface area contributed by atoms with E-state index >= 15 is 0 Å². The predicted molar refractivity (Wildman–Crippen MR) is 61.6 cm³/mol. The lowest BCUT2D eigenvalue weighted by Crippen LogP contribution is -2.11. The number of carbonyl (C=O) groups is 1. The maximum Gasteiger partial charge on any atom is 0.339 e. The van der Waals surface area contributed by atoms with E-state index in [0.717, 1.165) is 11.3 Å². The summed E-state index contributed by atoms with van der Waals surface area (Å²) in [7, 11) is 0. The highest BCUT2D eigenvalue weighted by Gasteiger charge is 2.31. The molecule has 2 rings (SSSR count). The summed E-state index contributed by atoms with van der Waals surface area (Å²) in [5.74, 6) is -9.98. The first kappa shape index (κ1) is 13.8. The zero-order valence-corrected chi connectivity index (χ0v) is 10.5. The van der Waals surface area contributed by atoms with Gasteiger partial charge in [0, 0.05) is 5.38 Å². The van der Waals surface area contributed by atoms with E-state index in [4.69, 9.17) is 5.11 Å². The lowest BCUT2D eigenvalue weighted by Gasteiger charge is -2.08. The Kier molecular flexibility index (Phi) is 3.50. The Morgan fingerprint density at radius 2 is 1.74 bits per heavy atom. The highest BCUT2D eigenvalue weighted by atomic mass is 32.1. The average molecular weight is 309 g/mol. The molecule has 0 aliphatic heterocycles. The van der Waals surface area contributed by atoms with Gasteiger partial charge in [0.25, 0.3) is 0 Å². The molecule has 0 spiro atoms. The molecule has 0 amide bonds. The minimum atomic E-state index is -2.18. The molecule has 100 valence electrons. The predicted octanol–water partition coefficient (Wildman–Crippen LogP) is 3.35. The van der Waals surface area contributed by atoms with Crippen molar-refractivity contribution >= 4 is 29.9 Å². The van der Waals surface area contributed by atoms with E-state index in [1.807, 2.05) is 0 Å². The third-order valence-electron chi connectivity index (χ3n) is 2.19. The first-order chi connectivity index (χ1) is 8.84. The van der Waals surface area contributed by atoms with Crippen molar-refractivity contribution in [2.24, 2.45) is 0 Å². The molecule has 19 heavy (non-hydrogen) atoms. The number of hydrogen-bond donors (Lipinski definition) is 2. The van der Waals surface area contributed by atoms with Crippen LogP contribution in [0.3, 0.4) is 0 Å². The number of thiazole rings is 1. The number of thiol groups is 1. The molecule has 0 aliphatic carbocycles.